The van der Waals surface area contributed by atoms with E-state index in [2.05, 4.69) is 10.3 Å². The fourth-order valence-electron chi connectivity index (χ4n) is 3.77. The topological polar surface area (TPSA) is 79.4 Å². The van der Waals surface area contributed by atoms with Crippen molar-refractivity contribution in [2.45, 2.75) is 30.1 Å². The van der Waals surface area contributed by atoms with Crippen LogP contribution in [0.3, 0.4) is 0 Å². The highest BCUT2D eigenvalue weighted by Crippen LogP contribution is 2.32. The highest BCUT2D eigenvalue weighted by atomic mass is 32.2. The smallest absolute Gasteiger partial charge is 0.253 e. The molecule has 1 N–H and O–H groups in total. The molecular weight excluding hydrogens is 450 g/mol. The average Bonchev–Trinajstić information content (AvgIpc) is 3.42. The number of carbonyl (C=O) groups excluding carboxylic acids is 1. The van der Waals surface area contributed by atoms with Crippen LogP contribution in [0.4, 0.5) is 5.13 Å². The summed E-state index contributed by atoms with van der Waals surface area (Å²) in [5.41, 5.74) is 3.83. The van der Waals surface area contributed by atoms with Crippen LogP contribution in [0.2, 0.25) is 0 Å². The van der Waals surface area contributed by atoms with Crippen LogP contribution in [0, 0.1) is 6.92 Å². The number of nitrogens with zero attached hydrogens (tertiary/aromatic N) is 2. The zero-order chi connectivity index (χ0) is 21.6. The molecule has 9 heteroatoms. The van der Waals surface area contributed by atoms with Crippen LogP contribution in [0.15, 0.2) is 64.2 Å². The number of amides is 1. The molecule has 0 radical (unpaired) electrons. The van der Waals surface area contributed by atoms with Crippen molar-refractivity contribution >= 4 is 54.0 Å². The number of anilines is 1. The first-order valence-corrected chi connectivity index (χ1v) is 12.9. The molecule has 0 unspecified atom stereocenters. The number of hydrogen-bond acceptors (Lipinski definition) is 6. The number of nitrogens with one attached hydrogen (secondary N) is 1. The molecule has 0 bridgehead atoms. The van der Waals surface area contributed by atoms with Crippen molar-refractivity contribution in [1.29, 1.82) is 0 Å². The summed E-state index contributed by atoms with van der Waals surface area (Å²) >= 11 is 2.54. The predicted molar refractivity (Wildman–Crippen MR) is 124 cm³/mol. The van der Waals surface area contributed by atoms with Gasteiger partial charge in [-0.2, -0.15) is 4.31 Å². The number of benzene rings is 2. The standard InChI is InChI=1S/C22H19N3O3S3/c1-14-8-9-17-19(11-14)30-22(23-17)24-21(26)18-12-15-5-2-3-6-16(15)13-25(18)31(27,28)20-7-4-10-29-20/h2-11,18H,12-13H2,1H3,(H,23,24,26)/t18-/m1/s1. The summed E-state index contributed by atoms with van der Waals surface area (Å²) in [7, 11) is -3.80. The second-order valence-electron chi connectivity index (χ2n) is 7.45. The van der Waals surface area contributed by atoms with Gasteiger partial charge in [-0.15, -0.1) is 11.3 Å². The van der Waals surface area contributed by atoms with Gasteiger partial charge in [-0.05, 0) is 53.6 Å². The van der Waals surface area contributed by atoms with E-state index in [4.69, 9.17) is 0 Å². The fourth-order valence-corrected chi connectivity index (χ4v) is 7.43. The second-order valence-corrected chi connectivity index (χ2v) is 11.5. The number of carbonyl (C=O) groups is 1. The van der Waals surface area contributed by atoms with E-state index in [0.29, 0.717) is 11.6 Å². The van der Waals surface area contributed by atoms with E-state index in [0.717, 1.165) is 38.2 Å². The molecule has 1 aliphatic heterocycles. The lowest BCUT2D eigenvalue weighted by Gasteiger charge is -2.34. The first-order chi connectivity index (χ1) is 14.9. The molecule has 31 heavy (non-hydrogen) atoms. The van der Waals surface area contributed by atoms with Crippen molar-refractivity contribution < 1.29 is 13.2 Å². The molecular formula is C22H19N3O3S3. The number of thiophene rings is 1. The van der Waals surface area contributed by atoms with Crippen molar-refractivity contribution in [1.82, 2.24) is 9.29 Å². The number of aromatic nitrogens is 1. The molecule has 158 valence electrons. The number of fused-ring (bicyclic) bond motifs is 2. The summed E-state index contributed by atoms with van der Waals surface area (Å²) in [5.74, 6) is -0.370. The predicted octanol–water partition coefficient (Wildman–Crippen LogP) is 4.42. The molecule has 0 aliphatic carbocycles. The Labute approximate surface area is 188 Å². The molecule has 6 nitrogen and oxygen atoms in total. The van der Waals surface area contributed by atoms with Crippen molar-refractivity contribution in [3.63, 3.8) is 0 Å². The number of aryl methyl sites for hydroxylation is 1. The molecule has 5 rings (SSSR count). The number of thiazole rings is 1. The third-order valence-electron chi connectivity index (χ3n) is 5.34. The van der Waals surface area contributed by atoms with Gasteiger partial charge in [-0.25, -0.2) is 13.4 Å². The molecule has 1 amide bonds. The second kappa shape index (κ2) is 7.83. The minimum absolute atomic E-state index is 0.160. The molecule has 0 spiro atoms. The number of hydrogen-bond donors (Lipinski definition) is 1. The van der Waals surface area contributed by atoms with Gasteiger partial charge < -0.3 is 5.32 Å². The lowest BCUT2D eigenvalue weighted by molar-refractivity contribution is -0.120. The molecule has 2 aromatic heterocycles. The van der Waals surface area contributed by atoms with E-state index in [9.17, 15) is 13.2 Å². The van der Waals surface area contributed by atoms with Gasteiger partial charge in [0, 0.05) is 6.54 Å². The maximum Gasteiger partial charge on any atom is 0.253 e. The van der Waals surface area contributed by atoms with Gasteiger partial charge in [0.25, 0.3) is 10.0 Å². The number of sulfonamides is 1. The molecule has 4 aromatic rings. The van der Waals surface area contributed by atoms with Gasteiger partial charge >= 0.3 is 0 Å². The Hall–Kier alpha value is -2.59. The van der Waals surface area contributed by atoms with E-state index in [1.807, 2.05) is 49.4 Å². The van der Waals surface area contributed by atoms with E-state index in [-0.39, 0.29) is 16.7 Å². The van der Waals surface area contributed by atoms with Crippen molar-refractivity contribution in [2.24, 2.45) is 0 Å². The van der Waals surface area contributed by atoms with Gasteiger partial charge in [0.15, 0.2) is 5.13 Å². The largest absolute Gasteiger partial charge is 0.301 e. The highest BCUT2D eigenvalue weighted by molar-refractivity contribution is 7.91. The Morgan fingerprint density at radius 2 is 1.94 bits per heavy atom. The van der Waals surface area contributed by atoms with Gasteiger partial charge in [-0.3, -0.25) is 4.79 Å². The molecule has 3 heterocycles. The third-order valence-corrected chi connectivity index (χ3v) is 9.50. The Morgan fingerprint density at radius 1 is 1.13 bits per heavy atom. The minimum atomic E-state index is -3.80. The Balaban J connectivity index is 1.50. The van der Waals surface area contributed by atoms with Crippen molar-refractivity contribution in [3.8, 4) is 0 Å². The van der Waals surface area contributed by atoms with Crippen LogP contribution in [-0.2, 0) is 27.8 Å². The van der Waals surface area contributed by atoms with E-state index in [1.54, 1.807) is 17.5 Å². The summed E-state index contributed by atoms with van der Waals surface area (Å²) < 4.78 is 29.2. The SMILES string of the molecule is Cc1ccc2nc(NC(=O)[C@H]3Cc4ccccc4CN3S(=O)(=O)c3cccs3)sc2c1. The maximum absolute atomic E-state index is 13.3. The molecule has 0 fully saturated rings. The van der Waals surface area contributed by atoms with Crippen molar-refractivity contribution in [3.05, 3.63) is 76.7 Å². The van der Waals surface area contributed by atoms with Crippen LogP contribution in [0.1, 0.15) is 16.7 Å². The quantitative estimate of drug-likeness (QED) is 0.480. The summed E-state index contributed by atoms with van der Waals surface area (Å²) in [6.45, 7) is 2.16. The van der Waals surface area contributed by atoms with Crippen LogP contribution >= 0.6 is 22.7 Å². The van der Waals surface area contributed by atoms with Gasteiger partial charge in [-0.1, -0.05) is 47.7 Å². The van der Waals surface area contributed by atoms with Crippen LogP contribution < -0.4 is 5.32 Å². The molecule has 1 aliphatic rings. The summed E-state index contributed by atoms with van der Waals surface area (Å²) in [4.78, 5) is 17.8. The Kier molecular flexibility index (Phi) is 5.13. The monoisotopic (exact) mass is 469 g/mol. The zero-order valence-electron chi connectivity index (χ0n) is 16.6. The zero-order valence-corrected chi connectivity index (χ0v) is 19.1. The summed E-state index contributed by atoms with van der Waals surface area (Å²) in [6, 6.07) is 16.0. The average molecular weight is 470 g/mol. The van der Waals surface area contributed by atoms with E-state index < -0.39 is 16.1 Å². The van der Waals surface area contributed by atoms with Gasteiger partial charge in [0.05, 0.1) is 10.2 Å². The lowest BCUT2D eigenvalue weighted by Crippen LogP contribution is -2.50. The third kappa shape index (κ3) is 3.78. The van der Waals surface area contributed by atoms with E-state index in [1.165, 1.54) is 15.6 Å². The molecule has 1 atom stereocenters. The van der Waals surface area contributed by atoms with Crippen molar-refractivity contribution in [2.75, 3.05) is 5.32 Å². The summed E-state index contributed by atoms with van der Waals surface area (Å²) in [5, 5.41) is 5.06. The van der Waals surface area contributed by atoms with E-state index >= 15 is 0 Å². The minimum Gasteiger partial charge on any atom is -0.301 e. The first kappa shape index (κ1) is 20.3. The lowest BCUT2D eigenvalue weighted by atomic mass is 9.95. The first-order valence-electron chi connectivity index (χ1n) is 9.72. The van der Waals surface area contributed by atoms with Gasteiger partial charge in [0.1, 0.15) is 10.3 Å². The van der Waals surface area contributed by atoms with Crippen LogP contribution in [0.25, 0.3) is 10.2 Å². The Morgan fingerprint density at radius 3 is 2.71 bits per heavy atom. The van der Waals surface area contributed by atoms with Gasteiger partial charge in [0.2, 0.25) is 5.91 Å². The molecule has 2 aromatic carbocycles. The number of rotatable bonds is 4. The maximum atomic E-state index is 13.3. The normalized spacial score (nSPS) is 16.9. The van der Waals surface area contributed by atoms with Crippen LogP contribution in [-0.4, -0.2) is 29.7 Å². The molecule has 0 saturated heterocycles. The van der Waals surface area contributed by atoms with Crippen LogP contribution in [0.5, 0.6) is 0 Å². The Bertz CT molecular complexity index is 1380. The fraction of sp³-hybridized carbons (Fsp3) is 0.182. The summed E-state index contributed by atoms with van der Waals surface area (Å²) in [6.07, 6.45) is 0.316. The highest BCUT2D eigenvalue weighted by Gasteiger charge is 2.40. The molecule has 0 saturated carbocycles.